The number of amides is 1. The standard InChI is InChI=1S/C22H19F3N4O2/c1-2-5-20-27-28-21(31-20)18-12-14-6-3-4-7-17(14)29(18)13-19(30)26-16-10-8-15(9-11-16)22(23,24)25/h3-4,6-12H,2,5,13H2,1H3,(H,26,30). The second-order valence-electron chi connectivity index (χ2n) is 7.05. The summed E-state index contributed by atoms with van der Waals surface area (Å²) in [5.74, 6) is 0.432. The lowest BCUT2D eigenvalue weighted by molar-refractivity contribution is -0.137. The first kappa shape index (κ1) is 20.6. The molecule has 31 heavy (non-hydrogen) atoms. The molecular weight excluding hydrogens is 409 g/mol. The minimum absolute atomic E-state index is 0.0740. The topological polar surface area (TPSA) is 73.0 Å². The van der Waals surface area contributed by atoms with E-state index in [0.717, 1.165) is 29.5 Å². The van der Waals surface area contributed by atoms with E-state index in [9.17, 15) is 18.0 Å². The lowest BCUT2D eigenvalue weighted by Gasteiger charge is -2.11. The summed E-state index contributed by atoms with van der Waals surface area (Å²) in [5, 5.41) is 11.7. The summed E-state index contributed by atoms with van der Waals surface area (Å²) in [6.45, 7) is 1.93. The first-order chi connectivity index (χ1) is 14.8. The molecule has 6 nitrogen and oxygen atoms in total. The smallest absolute Gasteiger partial charge is 0.416 e. The van der Waals surface area contributed by atoms with Crippen molar-refractivity contribution in [3.05, 3.63) is 66.1 Å². The van der Waals surface area contributed by atoms with Crippen LogP contribution in [0, 0.1) is 0 Å². The average Bonchev–Trinajstić information content (AvgIpc) is 3.33. The van der Waals surface area contributed by atoms with E-state index in [0.29, 0.717) is 23.9 Å². The van der Waals surface area contributed by atoms with Crippen molar-refractivity contribution in [2.75, 3.05) is 5.32 Å². The molecule has 0 spiro atoms. The van der Waals surface area contributed by atoms with Gasteiger partial charge in [0.1, 0.15) is 12.2 Å². The Balaban J connectivity index is 1.60. The van der Waals surface area contributed by atoms with Crippen molar-refractivity contribution >= 4 is 22.5 Å². The lowest BCUT2D eigenvalue weighted by atomic mass is 10.2. The van der Waals surface area contributed by atoms with Crippen LogP contribution in [-0.4, -0.2) is 20.7 Å². The van der Waals surface area contributed by atoms with Gasteiger partial charge in [0.2, 0.25) is 11.8 Å². The SMILES string of the molecule is CCCc1nnc(-c2cc3ccccc3n2CC(=O)Nc2ccc(C(F)(F)F)cc2)o1. The first-order valence-electron chi connectivity index (χ1n) is 9.73. The number of alkyl halides is 3. The van der Waals surface area contributed by atoms with Gasteiger partial charge in [-0.25, -0.2) is 0 Å². The highest BCUT2D eigenvalue weighted by Crippen LogP contribution is 2.30. The maximum atomic E-state index is 12.7. The van der Waals surface area contributed by atoms with Crippen molar-refractivity contribution in [1.29, 1.82) is 0 Å². The number of aryl methyl sites for hydroxylation is 1. The Morgan fingerprint density at radius 2 is 1.84 bits per heavy atom. The Morgan fingerprint density at radius 1 is 1.10 bits per heavy atom. The van der Waals surface area contributed by atoms with Crippen molar-refractivity contribution < 1.29 is 22.4 Å². The molecule has 4 rings (SSSR count). The Kier molecular flexibility index (Phi) is 5.50. The van der Waals surface area contributed by atoms with Crippen LogP contribution in [-0.2, 0) is 23.9 Å². The van der Waals surface area contributed by atoms with Gasteiger partial charge < -0.3 is 14.3 Å². The third-order valence-corrected chi connectivity index (χ3v) is 4.76. The highest BCUT2D eigenvalue weighted by molar-refractivity contribution is 5.93. The number of halogens is 3. The van der Waals surface area contributed by atoms with Crippen LogP contribution in [0.5, 0.6) is 0 Å². The summed E-state index contributed by atoms with van der Waals surface area (Å²) < 4.78 is 45.7. The Morgan fingerprint density at radius 3 is 2.55 bits per heavy atom. The molecule has 4 aromatic rings. The first-order valence-corrected chi connectivity index (χ1v) is 9.73. The number of hydrogen-bond acceptors (Lipinski definition) is 4. The van der Waals surface area contributed by atoms with Gasteiger partial charge in [-0.2, -0.15) is 13.2 Å². The normalized spacial score (nSPS) is 11.7. The summed E-state index contributed by atoms with van der Waals surface area (Å²) in [4.78, 5) is 12.7. The number of carbonyl (C=O) groups excluding carboxylic acids is 1. The zero-order valence-electron chi connectivity index (χ0n) is 16.6. The molecule has 2 heterocycles. The van der Waals surface area contributed by atoms with E-state index < -0.39 is 17.6 Å². The van der Waals surface area contributed by atoms with Crippen molar-refractivity contribution in [1.82, 2.24) is 14.8 Å². The number of nitrogens with one attached hydrogen (secondary N) is 1. The van der Waals surface area contributed by atoms with Gasteiger partial charge in [0.25, 0.3) is 5.89 Å². The number of anilines is 1. The highest BCUT2D eigenvalue weighted by Gasteiger charge is 2.30. The van der Waals surface area contributed by atoms with Crippen molar-refractivity contribution in [3.63, 3.8) is 0 Å². The minimum Gasteiger partial charge on any atom is -0.419 e. The highest BCUT2D eigenvalue weighted by atomic mass is 19.4. The minimum atomic E-state index is -4.43. The van der Waals surface area contributed by atoms with E-state index in [1.165, 1.54) is 12.1 Å². The zero-order valence-corrected chi connectivity index (χ0v) is 16.6. The lowest BCUT2D eigenvalue weighted by Crippen LogP contribution is -2.19. The van der Waals surface area contributed by atoms with Gasteiger partial charge >= 0.3 is 6.18 Å². The van der Waals surface area contributed by atoms with Crippen LogP contribution in [0.2, 0.25) is 0 Å². The average molecular weight is 428 g/mol. The number of rotatable bonds is 6. The van der Waals surface area contributed by atoms with Crippen LogP contribution in [0.3, 0.4) is 0 Å². The molecule has 1 amide bonds. The molecule has 9 heteroatoms. The van der Waals surface area contributed by atoms with Gasteiger partial charge in [-0.05, 0) is 42.8 Å². The Bertz CT molecular complexity index is 1210. The van der Waals surface area contributed by atoms with Gasteiger partial charge in [-0.3, -0.25) is 4.79 Å². The largest absolute Gasteiger partial charge is 0.419 e. The number of fused-ring (bicyclic) bond motifs is 1. The molecule has 0 saturated heterocycles. The third kappa shape index (κ3) is 4.45. The van der Waals surface area contributed by atoms with E-state index in [2.05, 4.69) is 15.5 Å². The number of nitrogens with zero attached hydrogens (tertiary/aromatic N) is 3. The maximum absolute atomic E-state index is 12.7. The van der Waals surface area contributed by atoms with Crippen LogP contribution in [0.25, 0.3) is 22.5 Å². The number of carbonyl (C=O) groups is 1. The number of aromatic nitrogens is 3. The van der Waals surface area contributed by atoms with Crippen LogP contribution in [0.15, 0.2) is 59.0 Å². The van der Waals surface area contributed by atoms with Gasteiger partial charge in [-0.15, -0.1) is 10.2 Å². The molecule has 0 bridgehead atoms. The molecule has 2 aromatic carbocycles. The van der Waals surface area contributed by atoms with E-state index in [-0.39, 0.29) is 12.2 Å². The second kappa shape index (κ2) is 8.25. The zero-order chi connectivity index (χ0) is 22.0. The van der Waals surface area contributed by atoms with E-state index in [1.807, 2.05) is 37.3 Å². The second-order valence-corrected chi connectivity index (χ2v) is 7.05. The molecule has 1 N–H and O–H groups in total. The summed E-state index contributed by atoms with van der Waals surface area (Å²) in [6.07, 6.45) is -2.91. The quantitative estimate of drug-likeness (QED) is 0.452. The number of hydrogen-bond donors (Lipinski definition) is 1. The molecule has 0 radical (unpaired) electrons. The fourth-order valence-corrected chi connectivity index (χ4v) is 3.32. The van der Waals surface area contributed by atoms with Gasteiger partial charge in [0, 0.05) is 23.0 Å². The Hall–Kier alpha value is -3.62. The van der Waals surface area contributed by atoms with E-state index >= 15 is 0 Å². The monoisotopic (exact) mass is 428 g/mol. The van der Waals surface area contributed by atoms with Crippen LogP contribution in [0.1, 0.15) is 24.8 Å². The third-order valence-electron chi connectivity index (χ3n) is 4.76. The van der Waals surface area contributed by atoms with E-state index in [4.69, 9.17) is 4.42 Å². The fraction of sp³-hybridized carbons (Fsp3) is 0.227. The summed E-state index contributed by atoms with van der Waals surface area (Å²) in [7, 11) is 0. The van der Waals surface area contributed by atoms with E-state index in [1.54, 1.807) is 4.57 Å². The molecule has 0 fully saturated rings. The predicted octanol–water partition coefficient (Wildman–Crippen LogP) is 5.30. The van der Waals surface area contributed by atoms with Gasteiger partial charge in [0.05, 0.1) is 5.56 Å². The molecule has 2 aromatic heterocycles. The van der Waals surface area contributed by atoms with Crippen molar-refractivity contribution in [2.24, 2.45) is 0 Å². The molecular formula is C22H19F3N4O2. The van der Waals surface area contributed by atoms with Crippen molar-refractivity contribution in [2.45, 2.75) is 32.5 Å². The van der Waals surface area contributed by atoms with Crippen LogP contribution >= 0.6 is 0 Å². The number of para-hydroxylation sites is 1. The molecule has 0 aliphatic heterocycles. The van der Waals surface area contributed by atoms with Crippen LogP contribution in [0.4, 0.5) is 18.9 Å². The summed E-state index contributed by atoms with van der Waals surface area (Å²) >= 11 is 0. The summed E-state index contributed by atoms with van der Waals surface area (Å²) in [6, 6.07) is 13.7. The molecule has 0 saturated carbocycles. The molecule has 0 aliphatic rings. The predicted molar refractivity (Wildman–Crippen MR) is 109 cm³/mol. The van der Waals surface area contributed by atoms with Crippen molar-refractivity contribution in [3.8, 4) is 11.6 Å². The molecule has 0 atom stereocenters. The van der Waals surface area contributed by atoms with Crippen LogP contribution < -0.4 is 5.32 Å². The molecule has 160 valence electrons. The van der Waals surface area contributed by atoms with Gasteiger partial charge in [-0.1, -0.05) is 25.1 Å². The fourth-order valence-electron chi connectivity index (χ4n) is 3.32. The molecule has 0 unspecified atom stereocenters. The molecule has 0 aliphatic carbocycles. The van der Waals surface area contributed by atoms with Gasteiger partial charge in [0.15, 0.2) is 0 Å². The maximum Gasteiger partial charge on any atom is 0.416 e. The number of benzene rings is 2. The Labute approximate surface area is 175 Å². The summed E-state index contributed by atoms with van der Waals surface area (Å²) in [5.41, 5.74) is 0.899.